The number of methoxy groups -OCH3 is 1. The summed E-state index contributed by atoms with van der Waals surface area (Å²) in [6.07, 6.45) is 0.547. The van der Waals surface area contributed by atoms with E-state index in [0.717, 1.165) is 0 Å². The molecule has 0 aromatic heterocycles. The van der Waals surface area contributed by atoms with E-state index in [1.165, 1.54) is 13.2 Å². The van der Waals surface area contributed by atoms with Gasteiger partial charge in [0, 0.05) is 0 Å². The molecule has 16 heavy (non-hydrogen) atoms. The Balaban J connectivity index is 3.24. The fourth-order valence-corrected chi connectivity index (χ4v) is 1.53. The molecule has 1 rings (SSSR count). The van der Waals surface area contributed by atoms with Crippen LogP contribution in [0.1, 0.15) is 24.8 Å². The number of hydrogen-bond acceptors (Lipinski definition) is 3. The summed E-state index contributed by atoms with van der Waals surface area (Å²) >= 11 is 0. The quantitative estimate of drug-likeness (QED) is 0.834. The highest BCUT2D eigenvalue weighted by Crippen LogP contribution is 2.35. The van der Waals surface area contributed by atoms with Crippen molar-refractivity contribution in [3.63, 3.8) is 0 Å². The Kier molecular flexibility index (Phi) is 4.06. The summed E-state index contributed by atoms with van der Waals surface area (Å²) in [4.78, 5) is 0. The van der Waals surface area contributed by atoms with Gasteiger partial charge in [-0.2, -0.15) is 4.39 Å². The van der Waals surface area contributed by atoms with Crippen molar-refractivity contribution in [2.45, 2.75) is 19.3 Å². The lowest BCUT2D eigenvalue weighted by molar-refractivity contribution is 0.346. The number of nitrogens with two attached hydrogens (primary N) is 1. The predicted octanol–water partition coefficient (Wildman–Crippen LogP) is 2.13. The minimum absolute atomic E-state index is 0.169. The number of ether oxygens (including phenoxy) is 1. The van der Waals surface area contributed by atoms with E-state index in [0.29, 0.717) is 13.0 Å². The average Bonchev–Trinajstić information content (AvgIpc) is 2.27. The van der Waals surface area contributed by atoms with Crippen LogP contribution < -0.4 is 10.5 Å². The molecule has 0 bridgehead atoms. The van der Waals surface area contributed by atoms with Crippen molar-refractivity contribution in [2.24, 2.45) is 5.73 Å². The van der Waals surface area contributed by atoms with Crippen molar-refractivity contribution in [1.82, 2.24) is 0 Å². The Bertz CT molecular complexity index is 383. The van der Waals surface area contributed by atoms with Gasteiger partial charge < -0.3 is 15.6 Å². The maximum atomic E-state index is 13.6. The molecular weight excluding hydrogens is 216 g/mol. The van der Waals surface area contributed by atoms with E-state index in [9.17, 15) is 13.9 Å². The minimum atomic E-state index is -1.08. The number of phenolic OH excluding ortho intramolecular Hbond substituents is 1. The number of halogens is 2. The molecule has 90 valence electrons. The van der Waals surface area contributed by atoms with Crippen molar-refractivity contribution in [2.75, 3.05) is 13.7 Å². The second kappa shape index (κ2) is 5.12. The summed E-state index contributed by atoms with van der Waals surface area (Å²) < 4.78 is 31.5. The maximum Gasteiger partial charge on any atom is 0.209 e. The van der Waals surface area contributed by atoms with Crippen LogP contribution in [0.25, 0.3) is 0 Å². The number of benzene rings is 1. The van der Waals surface area contributed by atoms with Crippen molar-refractivity contribution < 1.29 is 18.6 Å². The molecule has 1 aromatic rings. The molecule has 0 amide bonds. The second-order valence-corrected chi connectivity index (χ2v) is 3.62. The highest BCUT2D eigenvalue weighted by Gasteiger charge is 2.21. The van der Waals surface area contributed by atoms with Gasteiger partial charge in [0.15, 0.2) is 17.3 Å². The van der Waals surface area contributed by atoms with Crippen LogP contribution in [0.4, 0.5) is 8.78 Å². The molecule has 3 nitrogen and oxygen atoms in total. The third-order valence-corrected chi connectivity index (χ3v) is 2.52. The maximum absolute atomic E-state index is 13.6. The Morgan fingerprint density at radius 3 is 2.56 bits per heavy atom. The Morgan fingerprint density at radius 1 is 1.44 bits per heavy atom. The van der Waals surface area contributed by atoms with E-state index in [4.69, 9.17) is 10.5 Å². The second-order valence-electron chi connectivity index (χ2n) is 3.62. The van der Waals surface area contributed by atoms with Crippen LogP contribution in [-0.2, 0) is 0 Å². The van der Waals surface area contributed by atoms with E-state index in [1.807, 2.05) is 0 Å². The molecule has 0 saturated heterocycles. The number of rotatable bonds is 4. The zero-order valence-electron chi connectivity index (χ0n) is 9.26. The smallest absolute Gasteiger partial charge is 0.209 e. The highest BCUT2D eigenvalue weighted by molar-refractivity contribution is 5.42. The lowest BCUT2D eigenvalue weighted by Gasteiger charge is -2.14. The number of phenols is 1. The summed E-state index contributed by atoms with van der Waals surface area (Å²) in [7, 11) is 1.26. The van der Waals surface area contributed by atoms with Gasteiger partial charge in [0.1, 0.15) is 0 Å². The van der Waals surface area contributed by atoms with E-state index in [-0.39, 0.29) is 17.2 Å². The molecule has 1 unspecified atom stereocenters. The van der Waals surface area contributed by atoms with Crippen LogP contribution in [0.15, 0.2) is 6.07 Å². The average molecular weight is 231 g/mol. The van der Waals surface area contributed by atoms with Gasteiger partial charge in [-0.05, 0) is 30.5 Å². The van der Waals surface area contributed by atoms with Crippen molar-refractivity contribution in [3.8, 4) is 11.5 Å². The molecule has 1 aromatic carbocycles. The third-order valence-electron chi connectivity index (χ3n) is 2.52. The van der Waals surface area contributed by atoms with E-state index < -0.39 is 17.4 Å². The van der Waals surface area contributed by atoms with Crippen LogP contribution in [0.3, 0.4) is 0 Å². The number of aromatic hydroxyl groups is 1. The molecule has 1 atom stereocenters. The first-order valence-electron chi connectivity index (χ1n) is 4.97. The fourth-order valence-electron chi connectivity index (χ4n) is 1.53. The van der Waals surface area contributed by atoms with E-state index >= 15 is 0 Å². The lowest BCUT2D eigenvalue weighted by atomic mass is 9.96. The molecule has 0 aliphatic heterocycles. The molecule has 3 N–H and O–H groups in total. The van der Waals surface area contributed by atoms with Crippen LogP contribution in [0.2, 0.25) is 0 Å². The summed E-state index contributed by atoms with van der Waals surface area (Å²) in [5, 5.41) is 9.25. The first kappa shape index (κ1) is 12.7. The summed E-state index contributed by atoms with van der Waals surface area (Å²) in [6, 6.07) is 1.25. The largest absolute Gasteiger partial charge is 0.503 e. The topological polar surface area (TPSA) is 55.5 Å². The Labute approximate surface area is 92.8 Å². The van der Waals surface area contributed by atoms with Gasteiger partial charge in [-0.3, -0.25) is 0 Å². The van der Waals surface area contributed by atoms with Gasteiger partial charge in [-0.1, -0.05) is 6.92 Å². The zero-order chi connectivity index (χ0) is 12.3. The van der Waals surface area contributed by atoms with Crippen molar-refractivity contribution >= 4 is 0 Å². The van der Waals surface area contributed by atoms with Crippen LogP contribution in [0, 0.1) is 11.6 Å². The van der Waals surface area contributed by atoms with E-state index in [2.05, 4.69) is 0 Å². The summed E-state index contributed by atoms with van der Waals surface area (Å²) in [5.74, 6) is -3.40. The zero-order valence-corrected chi connectivity index (χ0v) is 9.26. The van der Waals surface area contributed by atoms with Gasteiger partial charge in [-0.25, -0.2) is 4.39 Å². The standard InChI is InChI=1S/C11H15F2NO2/c1-6(3-4-14)7-5-8(16-2)10(13)11(15)9(7)12/h5-6,15H,3-4,14H2,1-2H3. The molecule has 0 aliphatic carbocycles. The summed E-state index contributed by atoms with van der Waals surface area (Å²) in [5.41, 5.74) is 5.57. The predicted molar refractivity (Wildman–Crippen MR) is 56.7 cm³/mol. The van der Waals surface area contributed by atoms with Crippen molar-refractivity contribution in [1.29, 1.82) is 0 Å². The first-order chi connectivity index (χ1) is 7.52. The van der Waals surface area contributed by atoms with Crippen LogP contribution in [-0.4, -0.2) is 18.8 Å². The molecule has 0 radical (unpaired) electrons. The Hall–Kier alpha value is -1.36. The van der Waals surface area contributed by atoms with Crippen LogP contribution in [0.5, 0.6) is 11.5 Å². The van der Waals surface area contributed by atoms with Gasteiger partial charge in [0.05, 0.1) is 7.11 Å². The molecule has 0 spiro atoms. The molecular formula is C11H15F2NO2. The molecule has 0 aliphatic rings. The molecule has 5 heteroatoms. The Morgan fingerprint density at radius 2 is 2.06 bits per heavy atom. The molecule has 0 fully saturated rings. The molecule has 0 heterocycles. The highest BCUT2D eigenvalue weighted by atomic mass is 19.1. The third kappa shape index (κ3) is 2.24. The van der Waals surface area contributed by atoms with Gasteiger partial charge in [-0.15, -0.1) is 0 Å². The van der Waals surface area contributed by atoms with Gasteiger partial charge in [0.25, 0.3) is 0 Å². The lowest BCUT2D eigenvalue weighted by Crippen LogP contribution is -2.07. The van der Waals surface area contributed by atoms with E-state index in [1.54, 1.807) is 6.92 Å². The normalized spacial score (nSPS) is 12.6. The van der Waals surface area contributed by atoms with Crippen molar-refractivity contribution in [3.05, 3.63) is 23.3 Å². The first-order valence-corrected chi connectivity index (χ1v) is 4.97. The SMILES string of the molecule is COc1cc(C(C)CCN)c(F)c(O)c1F. The van der Waals surface area contributed by atoms with Gasteiger partial charge in [0.2, 0.25) is 5.82 Å². The minimum Gasteiger partial charge on any atom is -0.503 e. The monoisotopic (exact) mass is 231 g/mol. The fraction of sp³-hybridized carbons (Fsp3) is 0.455. The number of hydrogen-bond donors (Lipinski definition) is 2. The van der Waals surface area contributed by atoms with Crippen LogP contribution >= 0.6 is 0 Å². The van der Waals surface area contributed by atoms with Gasteiger partial charge >= 0.3 is 0 Å². The molecule has 0 saturated carbocycles. The summed E-state index contributed by atoms with van der Waals surface area (Å²) in [6.45, 7) is 2.14.